The fourth-order valence-electron chi connectivity index (χ4n) is 4.45. The van der Waals surface area contributed by atoms with Gasteiger partial charge in [0.15, 0.2) is 5.82 Å². The lowest BCUT2D eigenvalue weighted by molar-refractivity contribution is -0.0158. The number of H-pyrrole nitrogens is 1. The largest absolute Gasteiger partial charge is 0.384 e. The van der Waals surface area contributed by atoms with Gasteiger partial charge in [-0.25, -0.2) is 5.10 Å². The average Bonchev–Trinajstić information content (AvgIpc) is 3.23. The van der Waals surface area contributed by atoms with Crippen LogP contribution in [-0.2, 0) is 5.92 Å². The number of hydrogen-bond donors (Lipinski definition) is 2. The molecule has 0 radical (unpaired) electrons. The maximum atomic E-state index is 13.4. The van der Waals surface area contributed by atoms with Gasteiger partial charge in [-0.15, -0.1) is 0 Å². The molecule has 0 amide bonds. The third-order valence-electron chi connectivity index (χ3n) is 6.11. The van der Waals surface area contributed by atoms with E-state index < -0.39 is 11.8 Å². The van der Waals surface area contributed by atoms with E-state index in [-0.39, 0.29) is 11.0 Å². The van der Waals surface area contributed by atoms with E-state index in [1.54, 1.807) is 6.20 Å². The van der Waals surface area contributed by atoms with Crippen LogP contribution in [0.2, 0.25) is 0 Å². The molecule has 0 atom stereocenters. The van der Waals surface area contributed by atoms with Gasteiger partial charge in [0.1, 0.15) is 0 Å². The monoisotopic (exact) mass is 425 g/mol. The van der Waals surface area contributed by atoms with Crippen molar-refractivity contribution in [1.82, 2.24) is 20.3 Å². The van der Waals surface area contributed by atoms with E-state index in [9.17, 15) is 13.6 Å². The molecule has 0 spiro atoms. The number of anilines is 1. The highest BCUT2D eigenvalue weighted by Crippen LogP contribution is 2.56. The van der Waals surface area contributed by atoms with Gasteiger partial charge in [0.05, 0.1) is 6.20 Å². The van der Waals surface area contributed by atoms with E-state index in [0.717, 1.165) is 61.5 Å². The molecule has 31 heavy (non-hydrogen) atoms. The first-order valence-electron chi connectivity index (χ1n) is 10.1. The molecule has 3 aliphatic rings. The van der Waals surface area contributed by atoms with Gasteiger partial charge in [0.25, 0.3) is 11.4 Å². The van der Waals surface area contributed by atoms with Crippen molar-refractivity contribution in [1.29, 1.82) is 0 Å². The fraction of sp³-hybridized carbons (Fsp3) is 0.364. The van der Waals surface area contributed by atoms with Crippen LogP contribution in [0.5, 0.6) is 0 Å². The van der Waals surface area contributed by atoms with Crippen molar-refractivity contribution in [3.05, 3.63) is 64.2 Å². The molecule has 6 rings (SSSR count). The molecule has 3 aromatic rings. The van der Waals surface area contributed by atoms with Crippen molar-refractivity contribution in [2.75, 3.05) is 11.9 Å². The van der Waals surface area contributed by atoms with Gasteiger partial charge >= 0.3 is 5.92 Å². The molecular formula is C22H21F2N5O2. The molecule has 1 fully saturated rings. The Kier molecular flexibility index (Phi) is 4.49. The van der Waals surface area contributed by atoms with Crippen molar-refractivity contribution in [3.63, 3.8) is 0 Å². The summed E-state index contributed by atoms with van der Waals surface area (Å²) in [6, 6.07) is 9.40. The van der Waals surface area contributed by atoms with Crippen LogP contribution < -0.4 is 10.9 Å². The Morgan fingerprint density at radius 1 is 1.26 bits per heavy atom. The number of benzene rings is 1. The van der Waals surface area contributed by atoms with Gasteiger partial charge in [0, 0.05) is 30.8 Å². The molecular weight excluding hydrogens is 404 g/mol. The van der Waals surface area contributed by atoms with Crippen LogP contribution in [0.1, 0.15) is 44.3 Å². The molecule has 2 heterocycles. The zero-order valence-corrected chi connectivity index (χ0v) is 16.9. The molecule has 2 N–H and O–H groups in total. The van der Waals surface area contributed by atoms with Crippen molar-refractivity contribution >= 4 is 11.3 Å². The summed E-state index contributed by atoms with van der Waals surface area (Å²) >= 11 is 0. The summed E-state index contributed by atoms with van der Waals surface area (Å²) in [4.78, 5) is 15.4. The van der Waals surface area contributed by atoms with Crippen LogP contribution in [0.25, 0.3) is 16.7 Å². The molecule has 0 aliphatic heterocycles. The first kappa shape index (κ1) is 19.6. The zero-order chi connectivity index (χ0) is 21.6. The third kappa shape index (κ3) is 3.75. The van der Waals surface area contributed by atoms with Crippen molar-refractivity contribution in [3.8, 4) is 11.1 Å². The van der Waals surface area contributed by atoms with Crippen LogP contribution in [0.3, 0.4) is 0 Å². The normalized spacial score (nSPS) is 17.4. The molecule has 0 unspecified atom stereocenters. The summed E-state index contributed by atoms with van der Waals surface area (Å²) < 4.78 is 31.5. The maximum absolute atomic E-state index is 13.4. The molecule has 7 nitrogen and oxygen atoms in total. The minimum Gasteiger partial charge on any atom is -0.384 e. The zero-order valence-electron chi connectivity index (χ0n) is 16.9. The minimum absolute atomic E-state index is 0.154. The highest BCUT2D eigenvalue weighted by Gasteiger charge is 2.46. The highest BCUT2D eigenvalue weighted by molar-refractivity contribution is 5.69. The van der Waals surface area contributed by atoms with Crippen molar-refractivity contribution in [2.24, 2.45) is 5.41 Å². The summed E-state index contributed by atoms with van der Waals surface area (Å²) in [6.45, 7) is 1.57. The number of halogens is 2. The average molecular weight is 425 g/mol. The summed E-state index contributed by atoms with van der Waals surface area (Å²) in [5, 5.41) is 13.5. The minimum atomic E-state index is -3.13. The summed E-state index contributed by atoms with van der Waals surface area (Å²) in [5.41, 5.74) is 4.75. The lowest BCUT2D eigenvalue weighted by Crippen LogP contribution is -2.41. The topological polar surface area (TPSA) is 96.7 Å². The first-order chi connectivity index (χ1) is 14.8. The predicted octanol–water partition coefficient (Wildman–Crippen LogP) is 4.37. The number of alkyl halides is 2. The number of nitrogens with zero attached hydrogens (tertiary/aromatic N) is 3. The van der Waals surface area contributed by atoms with E-state index in [2.05, 4.69) is 25.7 Å². The highest BCUT2D eigenvalue weighted by atomic mass is 19.3. The van der Waals surface area contributed by atoms with E-state index in [4.69, 9.17) is 4.52 Å². The maximum Gasteiger partial charge on any atom is 0.322 e. The number of aromatic amines is 1. The van der Waals surface area contributed by atoms with E-state index in [1.165, 1.54) is 11.6 Å². The standard InChI is InChI=1S/C22H21F2N5O2/c1-21(23,24)20-27-19(29-31-20)17-5-6-22(9-15(17)10-22)12-25-16-4-2-3-13(7-16)14-8-18(30)28-26-11-14/h2-4,7-8,11,25H,5-6,9-10,12H2,1H3,(H,28,30). The molecule has 0 saturated heterocycles. The van der Waals surface area contributed by atoms with Crippen LogP contribution in [0.15, 0.2) is 51.4 Å². The molecule has 1 aromatic carbocycles. The molecule has 3 aliphatic carbocycles. The lowest BCUT2D eigenvalue weighted by atomic mass is 9.57. The quantitative estimate of drug-likeness (QED) is 0.609. The smallest absolute Gasteiger partial charge is 0.322 e. The van der Waals surface area contributed by atoms with E-state index in [0.29, 0.717) is 5.82 Å². The summed E-state index contributed by atoms with van der Waals surface area (Å²) in [5.74, 6) is -3.47. The second-order valence-electron chi connectivity index (χ2n) is 8.52. The van der Waals surface area contributed by atoms with Crippen molar-refractivity contribution < 1.29 is 13.3 Å². The first-order valence-corrected chi connectivity index (χ1v) is 10.1. The predicted molar refractivity (Wildman–Crippen MR) is 110 cm³/mol. The summed E-state index contributed by atoms with van der Waals surface area (Å²) in [6.07, 6.45) is 5.12. The number of rotatable bonds is 6. The molecule has 1 saturated carbocycles. The third-order valence-corrected chi connectivity index (χ3v) is 6.11. The molecule has 9 heteroatoms. The number of allylic oxidation sites excluding steroid dienone is 2. The Morgan fingerprint density at radius 3 is 2.77 bits per heavy atom. The second-order valence-corrected chi connectivity index (χ2v) is 8.52. The number of nitrogens with one attached hydrogen (secondary N) is 2. The van der Waals surface area contributed by atoms with Gasteiger partial charge in [0.2, 0.25) is 0 Å². The number of aromatic nitrogens is 4. The van der Waals surface area contributed by atoms with Gasteiger partial charge in [-0.3, -0.25) is 4.79 Å². The molecule has 2 aromatic heterocycles. The van der Waals surface area contributed by atoms with Gasteiger partial charge in [-0.05, 0) is 54.4 Å². The Bertz CT molecular complexity index is 1220. The Morgan fingerprint density at radius 2 is 2.10 bits per heavy atom. The number of hydrogen-bond acceptors (Lipinski definition) is 6. The fourth-order valence-corrected chi connectivity index (χ4v) is 4.45. The van der Waals surface area contributed by atoms with Gasteiger partial charge < -0.3 is 9.84 Å². The van der Waals surface area contributed by atoms with Gasteiger partial charge in [-0.1, -0.05) is 22.9 Å². The van der Waals surface area contributed by atoms with Crippen LogP contribution in [-0.4, -0.2) is 26.9 Å². The Balaban J connectivity index is 1.26. The summed E-state index contributed by atoms with van der Waals surface area (Å²) in [7, 11) is 0. The molecule has 160 valence electrons. The van der Waals surface area contributed by atoms with Crippen LogP contribution >= 0.6 is 0 Å². The second kappa shape index (κ2) is 7.11. The Labute approximate surface area is 176 Å². The number of fused-ring (bicyclic) bond motifs is 2. The van der Waals surface area contributed by atoms with E-state index in [1.807, 2.05) is 24.3 Å². The Hall–Kier alpha value is -3.36. The SMILES string of the molecule is CC(F)(F)c1nc(C2=C3CC(CNc4cccc(-c5cn[nH]c(=O)c5)c4)(CC2)C3)no1. The van der Waals surface area contributed by atoms with Crippen LogP contribution in [0, 0.1) is 5.41 Å². The van der Waals surface area contributed by atoms with Gasteiger partial charge in [-0.2, -0.15) is 18.9 Å². The van der Waals surface area contributed by atoms with E-state index >= 15 is 0 Å². The van der Waals surface area contributed by atoms with Crippen LogP contribution in [0.4, 0.5) is 14.5 Å². The van der Waals surface area contributed by atoms with Crippen molar-refractivity contribution in [2.45, 2.75) is 38.5 Å². The lowest BCUT2D eigenvalue weighted by Gasteiger charge is -2.49. The molecule has 2 bridgehead atoms.